The summed E-state index contributed by atoms with van der Waals surface area (Å²) in [6, 6.07) is 7.38. The fraction of sp³-hybridized carbons (Fsp3) is 0.667. The van der Waals surface area contributed by atoms with Crippen LogP contribution >= 0.6 is 11.6 Å². The highest BCUT2D eigenvalue weighted by Gasteiger charge is 2.45. The third kappa shape index (κ3) is 4.15. The predicted molar refractivity (Wildman–Crippen MR) is 90.8 cm³/mol. The molecule has 0 amide bonds. The lowest BCUT2D eigenvalue weighted by molar-refractivity contribution is -1.00. The highest BCUT2D eigenvalue weighted by molar-refractivity contribution is 6.32. The molecule has 22 heavy (non-hydrogen) atoms. The van der Waals surface area contributed by atoms with Gasteiger partial charge in [-0.15, -0.1) is 0 Å². The largest absolute Gasteiger partial charge is 0.489 e. The van der Waals surface area contributed by atoms with Crippen molar-refractivity contribution < 1.29 is 14.7 Å². The van der Waals surface area contributed by atoms with E-state index in [-0.39, 0.29) is 17.7 Å². The molecule has 0 spiro atoms. The molecule has 0 aliphatic carbocycles. The monoisotopic (exact) mass is 326 g/mol. The van der Waals surface area contributed by atoms with E-state index in [0.29, 0.717) is 17.3 Å². The van der Waals surface area contributed by atoms with Crippen molar-refractivity contribution in [1.29, 1.82) is 0 Å². The summed E-state index contributed by atoms with van der Waals surface area (Å²) in [7, 11) is 0. The third-order valence-electron chi connectivity index (χ3n) is 4.95. The molecule has 1 atom stereocenters. The second-order valence-electron chi connectivity index (χ2n) is 7.70. The Morgan fingerprint density at radius 1 is 1.18 bits per heavy atom. The first-order chi connectivity index (χ1) is 10.2. The van der Waals surface area contributed by atoms with Crippen LogP contribution in [0.2, 0.25) is 5.02 Å². The maximum atomic E-state index is 10.4. The van der Waals surface area contributed by atoms with E-state index < -0.39 is 6.10 Å². The smallest absolute Gasteiger partial charge is 0.138 e. The zero-order chi connectivity index (χ0) is 16.4. The maximum Gasteiger partial charge on any atom is 0.138 e. The van der Waals surface area contributed by atoms with Gasteiger partial charge < -0.3 is 14.7 Å². The van der Waals surface area contributed by atoms with Crippen molar-refractivity contribution in [3.8, 4) is 5.75 Å². The summed E-state index contributed by atoms with van der Waals surface area (Å²) in [6.07, 6.45) is 3.16. The van der Waals surface area contributed by atoms with E-state index in [1.165, 1.54) is 24.2 Å². The van der Waals surface area contributed by atoms with Gasteiger partial charge >= 0.3 is 0 Å². The van der Waals surface area contributed by atoms with Crippen LogP contribution in [-0.4, -0.2) is 35.4 Å². The summed E-state index contributed by atoms with van der Waals surface area (Å²) >= 11 is 6.08. The topological polar surface area (TPSA) is 33.9 Å². The minimum atomic E-state index is -0.497. The Hall–Kier alpha value is -0.770. The molecule has 1 aromatic carbocycles. The lowest BCUT2D eigenvalue weighted by Crippen LogP contribution is -3.27. The van der Waals surface area contributed by atoms with E-state index >= 15 is 0 Å². The van der Waals surface area contributed by atoms with Gasteiger partial charge in [-0.05, 0) is 46.2 Å². The van der Waals surface area contributed by atoms with Crippen LogP contribution in [-0.2, 0) is 0 Å². The summed E-state index contributed by atoms with van der Waals surface area (Å²) in [5.74, 6) is 0.635. The SMILES string of the molecule is CC1(C)CCCC(C)(C)[NH+]1C[C@H](O)COc1ccccc1Cl. The number of para-hydroxylation sites is 1. The van der Waals surface area contributed by atoms with Crippen molar-refractivity contribution in [2.24, 2.45) is 0 Å². The lowest BCUT2D eigenvalue weighted by Gasteiger charge is -2.50. The Bertz CT molecular complexity index is 486. The van der Waals surface area contributed by atoms with Gasteiger partial charge in [0.15, 0.2) is 0 Å². The number of aliphatic hydroxyl groups excluding tert-OH is 1. The van der Waals surface area contributed by atoms with Gasteiger partial charge in [-0.25, -0.2) is 0 Å². The molecule has 0 bridgehead atoms. The number of ether oxygens (including phenoxy) is 1. The van der Waals surface area contributed by atoms with Crippen LogP contribution < -0.4 is 9.64 Å². The van der Waals surface area contributed by atoms with E-state index in [1.807, 2.05) is 18.2 Å². The van der Waals surface area contributed by atoms with E-state index in [2.05, 4.69) is 27.7 Å². The molecule has 124 valence electrons. The van der Waals surface area contributed by atoms with Gasteiger partial charge in [0.25, 0.3) is 0 Å². The fourth-order valence-corrected chi connectivity index (χ4v) is 3.98. The molecule has 1 saturated heterocycles. The first kappa shape index (κ1) is 17.6. The van der Waals surface area contributed by atoms with Crippen molar-refractivity contribution in [3.05, 3.63) is 29.3 Å². The Morgan fingerprint density at radius 2 is 1.77 bits per heavy atom. The van der Waals surface area contributed by atoms with Crippen LogP contribution in [0.15, 0.2) is 24.3 Å². The average molecular weight is 327 g/mol. The number of benzene rings is 1. The Labute approximate surface area is 139 Å². The Kier molecular flexibility index (Phi) is 5.41. The molecule has 0 radical (unpaired) electrons. The summed E-state index contributed by atoms with van der Waals surface area (Å²) in [4.78, 5) is 1.46. The number of halogens is 1. The molecule has 0 unspecified atom stereocenters. The van der Waals surface area contributed by atoms with Crippen molar-refractivity contribution in [1.82, 2.24) is 0 Å². The Balaban J connectivity index is 1.95. The van der Waals surface area contributed by atoms with Crippen LogP contribution in [0.5, 0.6) is 5.75 Å². The van der Waals surface area contributed by atoms with Gasteiger partial charge in [-0.2, -0.15) is 0 Å². The number of quaternary nitrogens is 1. The van der Waals surface area contributed by atoms with Crippen molar-refractivity contribution >= 4 is 11.6 Å². The molecule has 1 fully saturated rings. The first-order valence-corrected chi connectivity index (χ1v) is 8.52. The highest BCUT2D eigenvalue weighted by atomic mass is 35.5. The number of piperidine rings is 1. The molecule has 1 heterocycles. The van der Waals surface area contributed by atoms with Crippen molar-refractivity contribution in [2.45, 2.75) is 64.1 Å². The molecular weight excluding hydrogens is 298 g/mol. The number of nitrogens with one attached hydrogen (secondary N) is 1. The van der Waals surface area contributed by atoms with Crippen molar-refractivity contribution in [3.63, 3.8) is 0 Å². The molecule has 1 aliphatic heterocycles. The normalized spacial score (nSPS) is 22.3. The molecule has 2 rings (SSSR count). The van der Waals surface area contributed by atoms with Crippen LogP contribution in [0.4, 0.5) is 0 Å². The minimum absolute atomic E-state index is 0.188. The zero-order valence-electron chi connectivity index (χ0n) is 14.2. The van der Waals surface area contributed by atoms with Crippen LogP contribution in [0.3, 0.4) is 0 Å². The molecule has 2 N–H and O–H groups in total. The number of hydrogen-bond acceptors (Lipinski definition) is 2. The maximum absolute atomic E-state index is 10.4. The van der Waals surface area contributed by atoms with Crippen LogP contribution in [0, 0.1) is 0 Å². The van der Waals surface area contributed by atoms with E-state index in [9.17, 15) is 5.11 Å². The van der Waals surface area contributed by atoms with Gasteiger partial charge in [-0.3, -0.25) is 0 Å². The van der Waals surface area contributed by atoms with Crippen LogP contribution in [0.1, 0.15) is 47.0 Å². The minimum Gasteiger partial charge on any atom is -0.489 e. The molecule has 1 aliphatic rings. The number of hydrogen-bond donors (Lipinski definition) is 2. The van der Waals surface area contributed by atoms with Gasteiger partial charge in [0.1, 0.15) is 25.0 Å². The summed E-state index contributed by atoms with van der Waals surface area (Å²) in [6.45, 7) is 10.2. The number of aliphatic hydroxyl groups is 1. The van der Waals surface area contributed by atoms with Gasteiger partial charge in [0.2, 0.25) is 0 Å². The molecule has 0 aromatic heterocycles. The second-order valence-corrected chi connectivity index (χ2v) is 8.11. The number of likely N-dealkylation sites (tertiary alicyclic amines) is 1. The summed E-state index contributed by atoms with van der Waals surface area (Å²) in [5, 5.41) is 11.0. The summed E-state index contributed by atoms with van der Waals surface area (Å²) < 4.78 is 5.68. The Morgan fingerprint density at radius 3 is 2.36 bits per heavy atom. The summed E-state index contributed by atoms with van der Waals surface area (Å²) in [5.41, 5.74) is 0.375. The third-order valence-corrected chi connectivity index (χ3v) is 5.26. The fourth-order valence-electron chi connectivity index (χ4n) is 3.78. The molecule has 4 heteroatoms. The highest BCUT2D eigenvalue weighted by Crippen LogP contribution is 2.24. The van der Waals surface area contributed by atoms with Gasteiger partial charge in [0.05, 0.1) is 16.1 Å². The van der Waals surface area contributed by atoms with Gasteiger partial charge in [-0.1, -0.05) is 23.7 Å². The number of rotatable bonds is 5. The predicted octanol–water partition coefficient (Wildman–Crippen LogP) is 2.71. The average Bonchev–Trinajstić information content (AvgIpc) is 2.42. The van der Waals surface area contributed by atoms with E-state index in [4.69, 9.17) is 16.3 Å². The molecular formula is C18H29ClNO2+. The van der Waals surface area contributed by atoms with Gasteiger partial charge in [0, 0.05) is 12.8 Å². The van der Waals surface area contributed by atoms with Crippen LogP contribution in [0.25, 0.3) is 0 Å². The van der Waals surface area contributed by atoms with E-state index in [1.54, 1.807) is 6.07 Å². The molecule has 3 nitrogen and oxygen atoms in total. The first-order valence-electron chi connectivity index (χ1n) is 8.14. The molecule has 1 aromatic rings. The second kappa shape index (κ2) is 6.77. The molecule has 0 saturated carbocycles. The standard InChI is InChI=1S/C18H28ClNO2/c1-17(2)10-7-11-18(3,4)20(17)12-14(21)13-22-16-9-6-5-8-15(16)19/h5-6,8-9,14,21H,7,10-13H2,1-4H3/p+1/t14-/m0/s1. The quantitative estimate of drug-likeness (QED) is 0.872. The van der Waals surface area contributed by atoms with E-state index in [0.717, 1.165) is 0 Å². The zero-order valence-corrected chi connectivity index (χ0v) is 14.9. The lowest BCUT2D eigenvalue weighted by atomic mass is 9.79. The van der Waals surface area contributed by atoms with Crippen molar-refractivity contribution in [2.75, 3.05) is 13.2 Å².